The van der Waals surface area contributed by atoms with Crippen molar-refractivity contribution in [3.63, 3.8) is 0 Å². The number of carbonyl (C=O) groups is 6. The van der Waals surface area contributed by atoms with Gasteiger partial charge in [0.1, 0.15) is 22.5 Å². The molecule has 15 nitrogen and oxygen atoms in total. The third-order valence-electron chi connectivity index (χ3n) is 10.8. The Morgan fingerprint density at radius 2 is 1.68 bits per heavy atom. The van der Waals surface area contributed by atoms with Gasteiger partial charge in [-0.1, -0.05) is 73.4 Å². The number of nitrogens with zero attached hydrogens (tertiary/aromatic N) is 3. The van der Waals surface area contributed by atoms with Crippen LogP contribution in [0.5, 0.6) is 5.75 Å². The largest absolute Gasteiger partial charge is 0.508 e. The van der Waals surface area contributed by atoms with Crippen molar-refractivity contribution in [2.24, 2.45) is 23.7 Å². The van der Waals surface area contributed by atoms with Gasteiger partial charge in [0.25, 0.3) is 5.91 Å². The van der Waals surface area contributed by atoms with Crippen LogP contribution in [0.4, 0.5) is 0 Å². The molecule has 16 heteroatoms. The molecule has 4 N–H and O–H groups in total. The summed E-state index contributed by atoms with van der Waals surface area (Å²) < 4.78 is 11.5. The fourth-order valence-corrected chi connectivity index (χ4v) is 8.03. The molecule has 328 valence electrons. The number of carboxylic acid groups (broad SMARTS) is 1. The molecule has 0 aliphatic carbocycles. The van der Waals surface area contributed by atoms with E-state index in [1.807, 2.05) is 53.5 Å². The number of likely N-dealkylation sites (N-methyl/N-ethyl adjacent to an activating group) is 1. The van der Waals surface area contributed by atoms with Crippen LogP contribution in [0, 0.1) is 23.7 Å². The zero-order chi connectivity index (χ0) is 44.0. The Morgan fingerprint density at radius 1 is 1.00 bits per heavy atom. The summed E-state index contributed by atoms with van der Waals surface area (Å²) in [6.45, 7) is 14.6. The fraction of sp³-hybridized carbons (Fsp3) is 0.651. The lowest BCUT2D eigenvalue weighted by Gasteiger charge is -2.39. The number of nitrogens with one attached hydrogen (secondary N) is 2. The number of benzene rings is 1. The minimum Gasteiger partial charge on any atom is -0.508 e. The molecule has 3 amide bonds. The average molecular weight is 844 g/mol. The van der Waals surface area contributed by atoms with E-state index in [1.54, 1.807) is 19.1 Å². The van der Waals surface area contributed by atoms with E-state index >= 15 is 0 Å². The van der Waals surface area contributed by atoms with E-state index in [0.717, 1.165) is 36.3 Å². The summed E-state index contributed by atoms with van der Waals surface area (Å²) in [6, 6.07) is 3.83. The van der Waals surface area contributed by atoms with Crippen LogP contribution >= 0.6 is 11.3 Å². The Bertz CT molecular complexity index is 1720. The van der Waals surface area contributed by atoms with E-state index in [0.29, 0.717) is 24.3 Å². The van der Waals surface area contributed by atoms with E-state index in [-0.39, 0.29) is 60.4 Å². The third kappa shape index (κ3) is 15.2. The molecule has 1 aliphatic rings. The minimum atomic E-state index is -1.01. The molecule has 1 aromatic carbocycles. The van der Waals surface area contributed by atoms with Crippen LogP contribution in [-0.4, -0.2) is 105 Å². The molecule has 1 saturated heterocycles. The van der Waals surface area contributed by atoms with Crippen LogP contribution in [0.15, 0.2) is 29.6 Å². The molecular formula is C43H65N5O10S. The van der Waals surface area contributed by atoms with Crippen molar-refractivity contribution in [3.8, 4) is 5.75 Å². The molecule has 2 heterocycles. The van der Waals surface area contributed by atoms with E-state index in [1.165, 1.54) is 29.3 Å². The number of phenols is 1. The Kier molecular flexibility index (Phi) is 19.3. The SMILES string of the molecule is CC[C@H](C)C(NC(=O)C1CCCCN1C)C(=O)N(COC(=O)CC(C)C)[C@H](C[C@@H](OC(C)=O)c1nc(C(=O)N[C@@H](Cc2ccc(O)cc2)C[C@H](C)C(=O)O)cs1)C(C)C. The van der Waals surface area contributed by atoms with Crippen LogP contribution in [0.3, 0.4) is 0 Å². The second-order valence-corrected chi connectivity index (χ2v) is 17.5. The predicted molar refractivity (Wildman–Crippen MR) is 223 cm³/mol. The fourth-order valence-electron chi connectivity index (χ4n) is 7.19. The first-order chi connectivity index (χ1) is 27.8. The van der Waals surface area contributed by atoms with E-state index in [9.17, 15) is 39.0 Å². The standard InChI is InChI=1S/C43H65N5O10S/c1-10-27(6)38(46-40(53)34-13-11-12-18-47(34)9)42(54)48(24-57-37(51)19-25(2)3)35(26(4)5)22-36(58-29(8)49)41-45-33(23-59-41)39(52)44-31(20-28(7)43(55)56)21-30-14-16-32(50)17-15-30/h14-17,23,25-28,31,34-36,38,50H,10-13,18-22,24H2,1-9H3,(H,44,52)(H,46,53)(H,55,56)/t27-,28-,31+,34?,35+,36+,38?/m0/s1. The lowest BCUT2D eigenvalue weighted by molar-refractivity contribution is -0.161. The van der Waals surface area contributed by atoms with Crippen LogP contribution in [-0.2, 0) is 39.9 Å². The Hall–Kier alpha value is -4.57. The van der Waals surface area contributed by atoms with Gasteiger partial charge in [-0.2, -0.15) is 0 Å². The lowest BCUT2D eigenvalue weighted by atomic mass is 9.92. The quantitative estimate of drug-likeness (QED) is 0.0832. The molecule has 59 heavy (non-hydrogen) atoms. The van der Waals surface area contributed by atoms with E-state index < -0.39 is 66.6 Å². The number of carboxylic acids is 1. The van der Waals surface area contributed by atoms with Gasteiger partial charge in [-0.3, -0.25) is 33.7 Å². The van der Waals surface area contributed by atoms with Crippen LogP contribution < -0.4 is 10.6 Å². The van der Waals surface area contributed by atoms with Gasteiger partial charge in [-0.15, -0.1) is 11.3 Å². The number of likely N-dealkylation sites (tertiary alicyclic amines) is 1. The molecule has 0 spiro atoms. The van der Waals surface area contributed by atoms with Crippen molar-refractivity contribution in [1.29, 1.82) is 0 Å². The molecule has 3 rings (SSSR count). The van der Waals surface area contributed by atoms with Gasteiger partial charge in [-0.05, 0) is 74.7 Å². The zero-order valence-corrected chi connectivity index (χ0v) is 36.9. The van der Waals surface area contributed by atoms with Gasteiger partial charge < -0.3 is 35.2 Å². The second-order valence-electron chi connectivity index (χ2n) is 16.6. The Morgan fingerprint density at radius 3 is 2.25 bits per heavy atom. The van der Waals surface area contributed by atoms with E-state index in [4.69, 9.17) is 9.47 Å². The monoisotopic (exact) mass is 843 g/mol. The number of carbonyl (C=O) groups excluding carboxylic acids is 5. The van der Waals surface area contributed by atoms with Crippen LogP contribution in [0.2, 0.25) is 0 Å². The number of hydrogen-bond acceptors (Lipinski definition) is 12. The Labute approximate surface area is 352 Å². The van der Waals surface area contributed by atoms with E-state index in [2.05, 4.69) is 15.6 Å². The maximum atomic E-state index is 14.8. The number of piperidine rings is 1. The van der Waals surface area contributed by atoms with Crippen molar-refractivity contribution in [2.75, 3.05) is 20.3 Å². The highest BCUT2D eigenvalue weighted by atomic mass is 32.1. The average Bonchev–Trinajstić information content (AvgIpc) is 3.67. The summed E-state index contributed by atoms with van der Waals surface area (Å²) in [6.07, 6.45) is 2.73. The van der Waals surface area contributed by atoms with Crippen molar-refractivity contribution < 1.29 is 48.5 Å². The molecule has 2 aromatic rings. The van der Waals surface area contributed by atoms with Crippen LogP contribution in [0.1, 0.15) is 127 Å². The summed E-state index contributed by atoms with van der Waals surface area (Å²) in [5.41, 5.74) is 0.814. The van der Waals surface area contributed by atoms with Gasteiger partial charge in [0.15, 0.2) is 12.8 Å². The van der Waals surface area contributed by atoms with Gasteiger partial charge in [0.2, 0.25) is 11.8 Å². The van der Waals surface area contributed by atoms with Gasteiger partial charge in [0, 0.05) is 37.2 Å². The number of rotatable bonds is 22. The van der Waals surface area contributed by atoms with Gasteiger partial charge >= 0.3 is 17.9 Å². The number of aromatic nitrogens is 1. The number of aromatic hydroxyl groups is 1. The smallest absolute Gasteiger partial charge is 0.307 e. The molecule has 0 radical (unpaired) electrons. The molecule has 0 bridgehead atoms. The summed E-state index contributed by atoms with van der Waals surface area (Å²) in [5.74, 6) is -4.54. The molecule has 2 unspecified atom stereocenters. The first-order valence-corrected chi connectivity index (χ1v) is 21.6. The summed E-state index contributed by atoms with van der Waals surface area (Å²) in [7, 11) is 1.90. The maximum Gasteiger partial charge on any atom is 0.307 e. The Balaban J connectivity index is 1.96. The number of hydrogen-bond donors (Lipinski definition) is 4. The lowest BCUT2D eigenvalue weighted by Crippen LogP contribution is -2.59. The van der Waals surface area contributed by atoms with Crippen molar-refractivity contribution in [3.05, 3.63) is 45.9 Å². The molecule has 1 fully saturated rings. The van der Waals surface area contributed by atoms with Crippen molar-refractivity contribution in [1.82, 2.24) is 25.4 Å². The molecule has 1 aliphatic heterocycles. The van der Waals surface area contributed by atoms with Crippen molar-refractivity contribution >= 4 is 47.0 Å². The number of ether oxygens (including phenoxy) is 2. The van der Waals surface area contributed by atoms with Crippen molar-refractivity contribution in [2.45, 2.75) is 137 Å². The molecule has 0 saturated carbocycles. The maximum absolute atomic E-state index is 14.8. The summed E-state index contributed by atoms with van der Waals surface area (Å²) in [5, 5.41) is 27.1. The number of amides is 3. The molecular weight excluding hydrogens is 779 g/mol. The highest BCUT2D eigenvalue weighted by molar-refractivity contribution is 7.09. The topological polar surface area (TPSA) is 205 Å². The number of aliphatic carboxylic acids is 1. The number of phenolic OH excluding ortho intramolecular Hbond substituents is 1. The van der Waals surface area contributed by atoms with Crippen LogP contribution in [0.25, 0.3) is 0 Å². The number of esters is 2. The predicted octanol–water partition coefficient (Wildman–Crippen LogP) is 5.71. The first-order valence-electron chi connectivity index (χ1n) is 20.7. The molecule has 1 aromatic heterocycles. The van der Waals surface area contributed by atoms with Gasteiger partial charge in [-0.25, -0.2) is 4.98 Å². The minimum absolute atomic E-state index is 0.0143. The second kappa shape index (κ2) is 23.3. The third-order valence-corrected chi connectivity index (χ3v) is 11.8. The molecule has 7 atom stereocenters. The van der Waals surface area contributed by atoms with Gasteiger partial charge in [0.05, 0.1) is 12.0 Å². The first kappa shape index (κ1) is 48.8. The highest BCUT2D eigenvalue weighted by Crippen LogP contribution is 2.32. The number of thiazole rings is 1. The normalized spacial score (nSPS) is 17.6. The summed E-state index contributed by atoms with van der Waals surface area (Å²) >= 11 is 1.10. The summed E-state index contributed by atoms with van der Waals surface area (Å²) in [4.78, 5) is 87.4. The zero-order valence-electron chi connectivity index (χ0n) is 36.1. The highest BCUT2D eigenvalue weighted by Gasteiger charge is 2.39.